The van der Waals surface area contributed by atoms with Crippen LogP contribution in [-0.2, 0) is 10.8 Å². The molecular formula is C14H15ClN2O2S. The molecule has 1 aromatic carbocycles. The van der Waals surface area contributed by atoms with E-state index in [1.807, 2.05) is 6.07 Å². The fourth-order valence-electron chi connectivity index (χ4n) is 1.89. The SMILES string of the molecule is C[S@](=O)CCCNC(=O)c1ccc(Cl)c2cccnc12. The quantitative estimate of drug-likeness (QED) is 0.863. The highest BCUT2D eigenvalue weighted by Crippen LogP contribution is 2.24. The van der Waals surface area contributed by atoms with Crippen LogP contribution < -0.4 is 5.32 Å². The van der Waals surface area contributed by atoms with Crippen LogP contribution in [-0.4, -0.2) is 33.7 Å². The van der Waals surface area contributed by atoms with Crippen LogP contribution in [0.2, 0.25) is 5.02 Å². The predicted octanol–water partition coefficient (Wildman–Crippen LogP) is 2.39. The molecule has 0 saturated heterocycles. The van der Waals surface area contributed by atoms with E-state index in [9.17, 15) is 9.00 Å². The van der Waals surface area contributed by atoms with Gasteiger partial charge in [0.15, 0.2) is 0 Å². The minimum atomic E-state index is -0.831. The Morgan fingerprint density at radius 1 is 1.40 bits per heavy atom. The number of halogens is 1. The Hall–Kier alpha value is -1.46. The van der Waals surface area contributed by atoms with Crippen LogP contribution in [0, 0.1) is 0 Å². The summed E-state index contributed by atoms with van der Waals surface area (Å²) in [7, 11) is -0.831. The van der Waals surface area contributed by atoms with E-state index in [-0.39, 0.29) is 5.91 Å². The van der Waals surface area contributed by atoms with Crippen LogP contribution in [0.3, 0.4) is 0 Å². The summed E-state index contributed by atoms with van der Waals surface area (Å²) in [6.07, 6.45) is 3.97. The van der Waals surface area contributed by atoms with Gasteiger partial charge in [-0.15, -0.1) is 0 Å². The number of hydrogen-bond acceptors (Lipinski definition) is 3. The van der Waals surface area contributed by atoms with Gasteiger partial charge >= 0.3 is 0 Å². The first-order chi connectivity index (χ1) is 9.59. The zero-order valence-corrected chi connectivity index (χ0v) is 12.6. The van der Waals surface area contributed by atoms with Gasteiger partial charge in [0.05, 0.1) is 16.1 Å². The number of aromatic nitrogens is 1. The summed E-state index contributed by atoms with van der Waals surface area (Å²) in [5.74, 6) is 0.396. The second kappa shape index (κ2) is 6.81. The second-order valence-corrected chi connectivity index (χ2v) is 6.34. The van der Waals surface area contributed by atoms with Crippen LogP contribution in [0.25, 0.3) is 10.9 Å². The molecule has 0 bridgehead atoms. The number of fused-ring (bicyclic) bond motifs is 1. The highest BCUT2D eigenvalue weighted by atomic mass is 35.5. The van der Waals surface area contributed by atoms with Gasteiger partial charge in [0.25, 0.3) is 5.91 Å². The van der Waals surface area contributed by atoms with Crippen LogP contribution in [0.15, 0.2) is 30.5 Å². The summed E-state index contributed by atoms with van der Waals surface area (Å²) >= 11 is 6.09. The predicted molar refractivity (Wildman–Crippen MR) is 82.6 cm³/mol. The van der Waals surface area contributed by atoms with Gasteiger partial charge in [-0.05, 0) is 30.7 Å². The number of amides is 1. The summed E-state index contributed by atoms with van der Waals surface area (Å²) in [4.78, 5) is 16.4. The van der Waals surface area contributed by atoms with E-state index in [2.05, 4.69) is 10.3 Å². The van der Waals surface area contributed by atoms with Crippen molar-refractivity contribution >= 4 is 39.2 Å². The van der Waals surface area contributed by atoms with E-state index < -0.39 is 10.8 Å². The van der Waals surface area contributed by atoms with E-state index in [1.165, 1.54) is 0 Å². The van der Waals surface area contributed by atoms with Gasteiger partial charge in [0.1, 0.15) is 0 Å². The van der Waals surface area contributed by atoms with Gasteiger partial charge in [0.2, 0.25) is 0 Å². The summed E-state index contributed by atoms with van der Waals surface area (Å²) < 4.78 is 10.9. The molecule has 20 heavy (non-hydrogen) atoms. The molecule has 1 aromatic heterocycles. The Bertz CT molecular complexity index is 661. The van der Waals surface area contributed by atoms with Crippen LogP contribution >= 0.6 is 11.6 Å². The van der Waals surface area contributed by atoms with Crippen molar-refractivity contribution in [3.05, 3.63) is 41.0 Å². The minimum absolute atomic E-state index is 0.188. The Kier molecular flexibility index (Phi) is 5.09. The van der Waals surface area contributed by atoms with Crippen LogP contribution in [0.1, 0.15) is 16.8 Å². The molecule has 0 saturated carbocycles. The monoisotopic (exact) mass is 310 g/mol. The number of nitrogens with zero attached hydrogens (tertiary/aromatic N) is 1. The lowest BCUT2D eigenvalue weighted by molar-refractivity contribution is 0.0955. The van der Waals surface area contributed by atoms with Crippen molar-refractivity contribution in [3.8, 4) is 0 Å². The average Bonchev–Trinajstić information content (AvgIpc) is 2.44. The Labute approximate surface area is 125 Å². The summed E-state index contributed by atoms with van der Waals surface area (Å²) in [5, 5.41) is 4.15. The Morgan fingerprint density at radius 3 is 2.95 bits per heavy atom. The average molecular weight is 311 g/mol. The third kappa shape index (κ3) is 3.55. The van der Waals surface area contributed by atoms with E-state index in [1.54, 1.807) is 30.7 Å². The molecule has 2 aromatic rings. The summed E-state index contributed by atoms with van der Waals surface area (Å²) in [6, 6.07) is 6.99. The van der Waals surface area contributed by atoms with Gasteiger partial charge in [-0.2, -0.15) is 0 Å². The summed E-state index contributed by atoms with van der Waals surface area (Å²) in [6.45, 7) is 0.495. The first-order valence-corrected chi connectivity index (χ1v) is 8.31. The molecule has 0 spiro atoms. The van der Waals surface area contributed by atoms with Crippen molar-refractivity contribution in [1.82, 2.24) is 10.3 Å². The van der Waals surface area contributed by atoms with Crippen molar-refractivity contribution < 1.29 is 9.00 Å². The third-order valence-electron chi connectivity index (χ3n) is 2.86. The van der Waals surface area contributed by atoms with Crippen LogP contribution in [0.4, 0.5) is 0 Å². The maximum atomic E-state index is 12.1. The zero-order chi connectivity index (χ0) is 14.5. The number of rotatable bonds is 5. The molecule has 0 aliphatic carbocycles. The first kappa shape index (κ1) is 14.9. The highest BCUT2D eigenvalue weighted by Gasteiger charge is 2.12. The van der Waals surface area contributed by atoms with E-state index >= 15 is 0 Å². The minimum Gasteiger partial charge on any atom is -0.352 e. The maximum Gasteiger partial charge on any atom is 0.253 e. The van der Waals surface area contributed by atoms with Crippen molar-refractivity contribution in [2.45, 2.75) is 6.42 Å². The highest BCUT2D eigenvalue weighted by molar-refractivity contribution is 7.84. The molecule has 2 rings (SSSR count). The number of carbonyl (C=O) groups excluding carboxylic acids is 1. The molecule has 0 aliphatic rings. The van der Waals surface area contributed by atoms with E-state index in [0.29, 0.717) is 34.8 Å². The maximum absolute atomic E-state index is 12.1. The normalized spacial score (nSPS) is 12.3. The molecule has 4 nitrogen and oxygen atoms in total. The third-order valence-corrected chi connectivity index (χ3v) is 4.05. The lowest BCUT2D eigenvalue weighted by Crippen LogP contribution is -2.25. The molecule has 6 heteroatoms. The number of benzene rings is 1. The lowest BCUT2D eigenvalue weighted by Gasteiger charge is -2.08. The van der Waals surface area contributed by atoms with Gasteiger partial charge in [-0.1, -0.05) is 11.6 Å². The number of nitrogens with one attached hydrogen (secondary N) is 1. The Balaban J connectivity index is 2.14. The fraction of sp³-hybridized carbons (Fsp3) is 0.286. The molecular weight excluding hydrogens is 296 g/mol. The molecule has 1 amide bonds. The van der Waals surface area contributed by atoms with Gasteiger partial charge < -0.3 is 5.32 Å². The van der Waals surface area contributed by atoms with Crippen molar-refractivity contribution in [1.29, 1.82) is 0 Å². The molecule has 0 unspecified atom stereocenters. The molecule has 1 heterocycles. The number of pyridine rings is 1. The van der Waals surface area contributed by atoms with Crippen molar-refractivity contribution in [2.75, 3.05) is 18.6 Å². The van der Waals surface area contributed by atoms with Gasteiger partial charge in [-0.25, -0.2) is 0 Å². The van der Waals surface area contributed by atoms with Gasteiger partial charge in [0, 0.05) is 40.9 Å². The molecule has 1 N–H and O–H groups in total. The van der Waals surface area contributed by atoms with E-state index in [0.717, 1.165) is 5.39 Å². The van der Waals surface area contributed by atoms with E-state index in [4.69, 9.17) is 11.6 Å². The lowest BCUT2D eigenvalue weighted by atomic mass is 10.1. The molecule has 1 atom stereocenters. The number of carbonyl (C=O) groups is 1. The van der Waals surface area contributed by atoms with Crippen molar-refractivity contribution in [2.24, 2.45) is 0 Å². The zero-order valence-electron chi connectivity index (χ0n) is 11.1. The van der Waals surface area contributed by atoms with Crippen molar-refractivity contribution in [3.63, 3.8) is 0 Å². The molecule has 106 valence electrons. The smallest absolute Gasteiger partial charge is 0.253 e. The molecule has 0 fully saturated rings. The fourth-order valence-corrected chi connectivity index (χ4v) is 2.66. The summed E-state index contributed by atoms with van der Waals surface area (Å²) in [5.41, 5.74) is 1.10. The Morgan fingerprint density at radius 2 is 2.20 bits per heavy atom. The molecule has 0 aliphatic heterocycles. The topological polar surface area (TPSA) is 59.1 Å². The second-order valence-electron chi connectivity index (χ2n) is 4.38. The standard InChI is InChI=1S/C14H15ClN2O2S/c1-20(19)9-3-8-17-14(18)11-5-6-12(15)10-4-2-7-16-13(10)11/h2,4-7H,3,8-9H2,1H3,(H,17,18)/t20-/m0/s1. The first-order valence-electron chi connectivity index (χ1n) is 6.21. The van der Waals surface area contributed by atoms with Gasteiger partial charge in [-0.3, -0.25) is 14.0 Å². The van der Waals surface area contributed by atoms with Crippen LogP contribution in [0.5, 0.6) is 0 Å². The molecule has 0 radical (unpaired) electrons. The number of hydrogen-bond donors (Lipinski definition) is 1. The largest absolute Gasteiger partial charge is 0.352 e.